The van der Waals surface area contributed by atoms with Crippen LogP contribution in [0.25, 0.3) is 0 Å². The molecule has 3 rings (SSSR count). The second-order valence-electron chi connectivity index (χ2n) is 5.57. The minimum atomic E-state index is -0.147. The van der Waals surface area contributed by atoms with Gasteiger partial charge in [0.15, 0.2) is 0 Å². The zero-order valence-electron chi connectivity index (χ0n) is 12.2. The molecule has 0 radical (unpaired) electrons. The predicted octanol–water partition coefficient (Wildman–Crippen LogP) is 5.19. The maximum atomic E-state index is 11.7. The monoisotopic (exact) mass is 348 g/mol. The van der Waals surface area contributed by atoms with Gasteiger partial charge in [-0.25, -0.2) is 0 Å². The fourth-order valence-corrected chi connectivity index (χ4v) is 3.24. The molecule has 23 heavy (non-hydrogen) atoms. The summed E-state index contributed by atoms with van der Waals surface area (Å²) < 4.78 is 5.91. The van der Waals surface area contributed by atoms with Crippen LogP contribution in [0, 0.1) is 0 Å². The van der Waals surface area contributed by atoms with E-state index in [1.807, 2.05) is 24.3 Å². The summed E-state index contributed by atoms with van der Waals surface area (Å²) >= 11 is 12.0. The first-order chi connectivity index (χ1) is 11.0. The number of hydrogen-bond donors (Lipinski definition) is 0. The van der Waals surface area contributed by atoms with Gasteiger partial charge in [0.05, 0.1) is 11.4 Å². The van der Waals surface area contributed by atoms with Gasteiger partial charge in [-0.1, -0.05) is 41.4 Å². The van der Waals surface area contributed by atoms with E-state index in [4.69, 9.17) is 27.9 Å². The van der Waals surface area contributed by atoms with E-state index in [1.54, 1.807) is 18.2 Å². The third-order valence-electron chi connectivity index (χ3n) is 3.82. The molecule has 0 heterocycles. The number of ether oxygens (including phenoxy) is 1. The van der Waals surface area contributed by atoms with E-state index in [2.05, 4.69) is 0 Å². The van der Waals surface area contributed by atoms with E-state index < -0.39 is 0 Å². The number of rotatable bonds is 3. The SMILES string of the molecule is O=C1CC(=O)CC(c2ccccc2Oc2ccc(Cl)cc2Cl)C1. The van der Waals surface area contributed by atoms with Crippen LogP contribution in [0.15, 0.2) is 42.5 Å². The molecule has 1 aliphatic rings. The number of halogens is 2. The summed E-state index contributed by atoms with van der Waals surface area (Å²) in [5, 5.41) is 0.933. The highest BCUT2D eigenvalue weighted by molar-refractivity contribution is 6.35. The molecule has 0 spiro atoms. The van der Waals surface area contributed by atoms with Crippen molar-refractivity contribution in [3.05, 3.63) is 58.1 Å². The Balaban J connectivity index is 1.91. The molecular weight excluding hydrogens is 335 g/mol. The van der Waals surface area contributed by atoms with Crippen LogP contribution in [-0.2, 0) is 9.59 Å². The Hall–Kier alpha value is -1.84. The number of benzene rings is 2. The van der Waals surface area contributed by atoms with Crippen LogP contribution in [0.3, 0.4) is 0 Å². The van der Waals surface area contributed by atoms with E-state index in [-0.39, 0.29) is 23.9 Å². The molecule has 0 aromatic heterocycles. The smallest absolute Gasteiger partial charge is 0.146 e. The number of carbonyl (C=O) groups is 2. The van der Waals surface area contributed by atoms with Crippen LogP contribution in [0.2, 0.25) is 10.0 Å². The Labute approximate surface area is 144 Å². The average Bonchev–Trinajstić information content (AvgIpc) is 2.49. The van der Waals surface area contributed by atoms with E-state index in [0.717, 1.165) is 5.56 Å². The Morgan fingerprint density at radius 3 is 2.30 bits per heavy atom. The van der Waals surface area contributed by atoms with Crippen molar-refractivity contribution < 1.29 is 14.3 Å². The van der Waals surface area contributed by atoms with Crippen molar-refractivity contribution in [2.45, 2.75) is 25.2 Å². The second kappa shape index (κ2) is 6.73. The lowest BCUT2D eigenvalue weighted by Gasteiger charge is -2.23. The van der Waals surface area contributed by atoms with Crippen molar-refractivity contribution >= 4 is 34.8 Å². The highest BCUT2D eigenvalue weighted by Gasteiger charge is 2.28. The normalized spacial score (nSPS) is 15.7. The van der Waals surface area contributed by atoms with Crippen LogP contribution in [0.4, 0.5) is 0 Å². The van der Waals surface area contributed by atoms with E-state index in [9.17, 15) is 9.59 Å². The van der Waals surface area contributed by atoms with Gasteiger partial charge in [-0.2, -0.15) is 0 Å². The molecule has 5 heteroatoms. The van der Waals surface area contributed by atoms with Crippen LogP contribution >= 0.6 is 23.2 Å². The molecule has 0 atom stereocenters. The minimum absolute atomic E-state index is 0.0226. The number of para-hydroxylation sites is 1. The van der Waals surface area contributed by atoms with Gasteiger partial charge in [-0.05, 0) is 29.8 Å². The molecular formula is C18H14Cl2O3. The van der Waals surface area contributed by atoms with E-state index in [1.165, 1.54) is 0 Å². The number of ketones is 2. The zero-order valence-corrected chi connectivity index (χ0v) is 13.7. The molecule has 0 unspecified atom stereocenters. The lowest BCUT2D eigenvalue weighted by molar-refractivity contribution is -0.130. The highest BCUT2D eigenvalue weighted by Crippen LogP contribution is 2.39. The molecule has 1 fully saturated rings. The fourth-order valence-electron chi connectivity index (χ4n) is 2.79. The molecule has 2 aromatic carbocycles. The van der Waals surface area contributed by atoms with Crippen LogP contribution in [0.5, 0.6) is 11.5 Å². The predicted molar refractivity (Wildman–Crippen MR) is 89.6 cm³/mol. The summed E-state index contributed by atoms with van der Waals surface area (Å²) in [6, 6.07) is 12.4. The zero-order chi connectivity index (χ0) is 16.4. The first-order valence-corrected chi connectivity index (χ1v) is 8.04. The van der Waals surface area contributed by atoms with Crippen molar-refractivity contribution in [2.75, 3.05) is 0 Å². The molecule has 0 amide bonds. The summed E-state index contributed by atoms with van der Waals surface area (Å²) in [5.41, 5.74) is 0.847. The van der Waals surface area contributed by atoms with Gasteiger partial charge >= 0.3 is 0 Å². The molecule has 2 aromatic rings. The van der Waals surface area contributed by atoms with Crippen LogP contribution < -0.4 is 4.74 Å². The third kappa shape index (κ3) is 3.74. The maximum Gasteiger partial charge on any atom is 0.146 e. The van der Waals surface area contributed by atoms with Gasteiger partial charge in [0.25, 0.3) is 0 Å². The number of carbonyl (C=O) groups excluding carboxylic acids is 2. The Kier molecular flexibility index (Phi) is 4.69. The molecule has 1 aliphatic carbocycles. The topological polar surface area (TPSA) is 43.4 Å². The van der Waals surface area contributed by atoms with Gasteiger partial charge in [0.1, 0.15) is 23.1 Å². The van der Waals surface area contributed by atoms with Crippen molar-refractivity contribution in [1.29, 1.82) is 0 Å². The van der Waals surface area contributed by atoms with Crippen LogP contribution in [-0.4, -0.2) is 11.6 Å². The minimum Gasteiger partial charge on any atom is -0.456 e. The lowest BCUT2D eigenvalue weighted by atomic mass is 9.82. The van der Waals surface area contributed by atoms with Gasteiger partial charge in [0.2, 0.25) is 0 Å². The first kappa shape index (κ1) is 16.0. The van der Waals surface area contributed by atoms with Gasteiger partial charge in [-0.15, -0.1) is 0 Å². The highest BCUT2D eigenvalue weighted by atomic mass is 35.5. The van der Waals surface area contributed by atoms with Crippen molar-refractivity contribution in [1.82, 2.24) is 0 Å². The van der Waals surface area contributed by atoms with Crippen molar-refractivity contribution in [3.63, 3.8) is 0 Å². The first-order valence-electron chi connectivity index (χ1n) is 7.28. The van der Waals surface area contributed by atoms with E-state index in [0.29, 0.717) is 34.4 Å². The summed E-state index contributed by atoms with van der Waals surface area (Å²) in [5.74, 6) is 0.892. The molecule has 0 aliphatic heterocycles. The second-order valence-corrected chi connectivity index (χ2v) is 6.42. The Morgan fingerprint density at radius 2 is 1.61 bits per heavy atom. The van der Waals surface area contributed by atoms with Crippen LogP contribution in [0.1, 0.15) is 30.7 Å². The maximum absolute atomic E-state index is 11.7. The quantitative estimate of drug-likeness (QED) is 0.716. The van der Waals surface area contributed by atoms with Gasteiger partial charge < -0.3 is 4.74 Å². The molecule has 0 N–H and O–H groups in total. The Bertz CT molecular complexity index is 755. The summed E-state index contributed by atoms with van der Waals surface area (Å²) in [6.07, 6.45) is 0.767. The third-order valence-corrected chi connectivity index (χ3v) is 4.35. The van der Waals surface area contributed by atoms with Gasteiger partial charge in [-0.3, -0.25) is 9.59 Å². The van der Waals surface area contributed by atoms with Crippen molar-refractivity contribution in [2.24, 2.45) is 0 Å². The van der Waals surface area contributed by atoms with Crippen molar-refractivity contribution in [3.8, 4) is 11.5 Å². The average molecular weight is 349 g/mol. The largest absolute Gasteiger partial charge is 0.456 e. The molecule has 3 nitrogen and oxygen atoms in total. The molecule has 118 valence electrons. The van der Waals surface area contributed by atoms with Gasteiger partial charge in [0, 0.05) is 23.8 Å². The number of hydrogen-bond acceptors (Lipinski definition) is 3. The number of Topliss-reactive ketones (excluding diaryl/α,β-unsaturated/α-hetero) is 2. The molecule has 0 bridgehead atoms. The molecule has 0 saturated heterocycles. The standard InChI is InChI=1S/C18H14Cl2O3/c19-12-5-6-18(16(20)9-12)23-17-4-2-1-3-15(17)11-7-13(21)10-14(22)8-11/h1-6,9,11H,7-8,10H2. The summed E-state index contributed by atoms with van der Waals surface area (Å²) in [7, 11) is 0. The summed E-state index contributed by atoms with van der Waals surface area (Å²) in [6.45, 7) is 0. The molecule has 1 saturated carbocycles. The summed E-state index contributed by atoms with van der Waals surface area (Å²) in [4.78, 5) is 23.4. The fraction of sp³-hybridized carbons (Fsp3) is 0.222. The Morgan fingerprint density at radius 1 is 0.913 bits per heavy atom. The lowest BCUT2D eigenvalue weighted by Crippen LogP contribution is -2.21. The van der Waals surface area contributed by atoms with E-state index >= 15 is 0 Å².